The zero-order valence-electron chi connectivity index (χ0n) is 16.5. The first-order valence-electron chi connectivity index (χ1n) is 9.14. The van der Waals surface area contributed by atoms with Crippen LogP contribution >= 0.6 is 0 Å². The van der Waals surface area contributed by atoms with Crippen LogP contribution in [0, 0.1) is 0 Å². The lowest BCUT2D eigenvalue weighted by atomic mass is 9.86. The van der Waals surface area contributed by atoms with Crippen molar-refractivity contribution < 1.29 is 27.9 Å². The highest BCUT2D eigenvalue weighted by Gasteiger charge is 2.54. The van der Waals surface area contributed by atoms with Crippen molar-refractivity contribution in [3.05, 3.63) is 71.3 Å². The van der Waals surface area contributed by atoms with E-state index in [1.807, 2.05) is 20.8 Å². The van der Waals surface area contributed by atoms with E-state index >= 15 is 0 Å². The number of hydrogen-bond acceptors (Lipinski definition) is 3. The Bertz CT molecular complexity index is 856. The molecular weight excluding hydrogens is 383 g/mol. The molecule has 2 aromatic carbocycles. The topological polar surface area (TPSA) is 66.4 Å². The van der Waals surface area contributed by atoms with Gasteiger partial charge in [0.15, 0.2) is 5.60 Å². The second-order valence-corrected chi connectivity index (χ2v) is 7.89. The molecule has 2 aromatic rings. The Morgan fingerprint density at radius 2 is 1.45 bits per heavy atom. The minimum atomic E-state index is -4.94. The van der Waals surface area contributed by atoms with E-state index in [1.165, 1.54) is 30.3 Å². The highest BCUT2D eigenvalue weighted by Crippen LogP contribution is 2.41. The Morgan fingerprint density at radius 1 is 0.897 bits per heavy atom. The average molecular weight is 407 g/mol. The summed E-state index contributed by atoms with van der Waals surface area (Å²) in [6, 6.07) is 13.1. The molecule has 0 saturated heterocycles. The van der Waals surface area contributed by atoms with Crippen LogP contribution in [0.15, 0.2) is 54.6 Å². The fourth-order valence-electron chi connectivity index (χ4n) is 2.85. The molecule has 0 heterocycles. The summed E-state index contributed by atoms with van der Waals surface area (Å²) in [7, 11) is 0. The molecule has 0 aliphatic rings. The Kier molecular flexibility index (Phi) is 6.53. The average Bonchev–Trinajstić information content (AvgIpc) is 2.66. The van der Waals surface area contributed by atoms with E-state index in [9.17, 15) is 27.9 Å². The predicted molar refractivity (Wildman–Crippen MR) is 103 cm³/mol. The monoisotopic (exact) mass is 407 g/mol. The molecule has 1 unspecified atom stereocenters. The summed E-state index contributed by atoms with van der Waals surface area (Å²) in [5.41, 5.74) is -2.45. The number of rotatable bonds is 6. The zero-order chi connectivity index (χ0) is 21.9. The number of carbonyl (C=O) groups is 2. The first-order chi connectivity index (χ1) is 13.4. The van der Waals surface area contributed by atoms with Gasteiger partial charge in [0.1, 0.15) is 0 Å². The van der Waals surface area contributed by atoms with Gasteiger partial charge in [0, 0.05) is 18.5 Å². The molecular formula is C22H24F3NO3. The zero-order valence-corrected chi connectivity index (χ0v) is 16.5. The first-order valence-corrected chi connectivity index (χ1v) is 9.14. The molecule has 0 aromatic heterocycles. The molecule has 7 heteroatoms. The van der Waals surface area contributed by atoms with E-state index < -0.39 is 36.4 Å². The van der Waals surface area contributed by atoms with Gasteiger partial charge in [-0.05, 0) is 16.5 Å². The molecule has 1 atom stereocenters. The second kappa shape index (κ2) is 8.37. The number of alkyl halides is 3. The lowest BCUT2D eigenvalue weighted by Crippen LogP contribution is -2.45. The third-order valence-electron chi connectivity index (χ3n) is 4.71. The largest absolute Gasteiger partial charge is 0.421 e. The summed E-state index contributed by atoms with van der Waals surface area (Å²) in [4.78, 5) is 24.3. The van der Waals surface area contributed by atoms with Crippen molar-refractivity contribution in [3.8, 4) is 0 Å². The lowest BCUT2D eigenvalue weighted by molar-refractivity contribution is -0.268. The smallest absolute Gasteiger partial charge is 0.376 e. The van der Waals surface area contributed by atoms with E-state index in [2.05, 4.69) is 5.32 Å². The van der Waals surface area contributed by atoms with E-state index in [0.29, 0.717) is 0 Å². The molecule has 0 bridgehead atoms. The van der Waals surface area contributed by atoms with Crippen LogP contribution in [-0.2, 0) is 15.8 Å². The SMILES string of the molecule is CC(C)(C)c1ccc(C(=O)C(=O)NCCC(O)(c2ccccc2)C(F)(F)F)cc1. The summed E-state index contributed by atoms with van der Waals surface area (Å²) >= 11 is 0. The van der Waals surface area contributed by atoms with E-state index in [4.69, 9.17) is 0 Å². The van der Waals surface area contributed by atoms with Crippen molar-refractivity contribution in [3.63, 3.8) is 0 Å². The molecule has 0 aliphatic carbocycles. The quantitative estimate of drug-likeness (QED) is 0.559. The molecule has 1 amide bonds. The number of benzene rings is 2. The van der Waals surface area contributed by atoms with Gasteiger partial charge in [0.25, 0.3) is 5.91 Å². The Labute approximate surface area is 167 Å². The summed E-state index contributed by atoms with van der Waals surface area (Å²) in [6.07, 6.45) is -5.76. The van der Waals surface area contributed by atoms with E-state index in [0.717, 1.165) is 17.7 Å². The van der Waals surface area contributed by atoms with Crippen molar-refractivity contribution in [1.29, 1.82) is 0 Å². The van der Waals surface area contributed by atoms with Gasteiger partial charge in [0.2, 0.25) is 5.78 Å². The standard InChI is InChI=1S/C22H24F3NO3/c1-20(2,3)16-11-9-15(10-12-16)18(27)19(28)26-14-13-21(29,22(23,24)25)17-7-5-4-6-8-17/h4-12,29H,13-14H2,1-3H3,(H,26,28). The van der Waals surface area contributed by atoms with Gasteiger partial charge >= 0.3 is 6.18 Å². The number of Topliss-reactive ketones (excluding diaryl/α,β-unsaturated/α-hetero) is 1. The van der Waals surface area contributed by atoms with Crippen LogP contribution in [0.2, 0.25) is 0 Å². The third kappa shape index (κ3) is 5.23. The molecule has 0 fully saturated rings. The number of hydrogen-bond donors (Lipinski definition) is 2. The molecule has 29 heavy (non-hydrogen) atoms. The number of aliphatic hydroxyl groups is 1. The lowest BCUT2D eigenvalue weighted by Gasteiger charge is -2.31. The summed E-state index contributed by atoms with van der Waals surface area (Å²) in [5, 5.41) is 12.4. The van der Waals surface area contributed by atoms with Gasteiger partial charge in [-0.3, -0.25) is 9.59 Å². The van der Waals surface area contributed by atoms with E-state index in [-0.39, 0.29) is 16.5 Å². The Balaban J connectivity index is 2.05. The predicted octanol–water partition coefficient (Wildman–Crippen LogP) is 4.12. The van der Waals surface area contributed by atoms with Gasteiger partial charge < -0.3 is 10.4 Å². The first kappa shape index (κ1) is 22.6. The highest BCUT2D eigenvalue weighted by atomic mass is 19.4. The molecule has 0 aliphatic heterocycles. The molecule has 2 N–H and O–H groups in total. The summed E-state index contributed by atoms with van der Waals surface area (Å²) in [6.45, 7) is 5.50. The Hall–Kier alpha value is -2.67. The minimum Gasteiger partial charge on any atom is -0.376 e. The second-order valence-electron chi connectivity index (χ2n) is 7.89. The third-order valence-corrected chi connectivity index (χ3v) is 4.71. The van der Waals surface area contributed by atoms with Gasteiger partial charge in [-0.1, -0.05) is 75.4 Å². The maximum Gasteiger partial charge on any atom is 0.421 e. The van der Waals surface area contributed by atoms with Crippen LogP contribution in [0.3, 0.4) is 0 Å². The fraction of sp³-hybridized carbons (Fsp3) is 0.364. The van der Waals surface area contributed by atoms with Gasteiger partial charge in [0.05, 0.1) is 0 Å². The molecule has 156 valence electrons. The van der Waals surface area contributed by atoms with Gasteiger partial charge in [-0.2, -0.15) is 13.2 Å². The van der Waals surface area contributed by atoms with Crippen LogP contribution in [0.25, 0.3) is 0 Å². The number of nitrogens with one attached hydrogen (secondary N) is 1. The Morgan fingerprint density at radius 3 is 1.93 bits per heavy atom. The molecule has 0 radical (unpaired) electrons. The summed E-state index contributed by atoms with van der Waals surface area (Å²) in [5.74, 6) is -1.87. The van der Waals surface area contributed by atoms with Crippen molar-refractivity contribution >= 4 is 11.7 Å². The molecule has 2 rings (SSSR count). The molecule has 0 saturated carbocycles. The van der Waals surface area contributed by atoms with Crippen molar-refractivity contribution in [2.45, 2.75) is 44.4 Å². The van der Waals surface area contributed by atoms with Crippen molar-refractivity contribution in [2.24, 2.45) is 0 Å². The van der Waals surface area contributed by atoms with Crippen molar-refractivity contribution in [2.75, 3.05) is 6.54 Å². The van der Waals surface area contributed by atoms with Crippen LogP contribution in [0.4, 0.5) is 13.2 Å². The molecule has 4 nitrogen and oxygen atoms in total. The van der Waals surface area contributed by atoms with Gasteiger partial charge in [-0.25, -0.2) is 0 Å². The van der Waals surface area contributed by atoms with Crippen LogP contribution in [0.5, 0.6) is 0 Å². The van der Waals surface area contributed by atoms with Crippen LogP contribution in [0.1, 0.15) is 48.7 Å². The highest BCUT2D eigenvalue weighted by molar-refractivity contribution is 6.42. The number of carbonyl (C=O) groups excluding carboxylic acids is 2. The fourth-order valence-corrected chi connectivity index (χ4v) is 2.85. The number of ketones is 1. The minimum absolute atomic E-state index is 0.122. The maximum atomic E-state index is 13.4. The van der Waals surface area contributed by atoms with E-state index in [1.54, 1.807) is 12.1 Å². The number of halogens is 3. The van der Waals surface area contributed by atoms with Gasteiger partial charge in [-0.15, -0.1) is 0 Å². The van der Waals surface area contributed by atoms with Crippen molar-refractivity contribution in [1.82, 2.24) is 5.32 Å². The molecule has 0 spiro atoms. The maximum absolute atomic E-state index is 13.4. The normalized spacial score (nSPS) is 14.2. The summed E-state index contributed by atoms with van der Waals surface area (Å²) < 4.78 is 40.3. The number of amides is 1. The van der Waals surface area contributed by atoms with Crippen LogP contribution in [-0.4, -0.2) is 29.5 Å². The van der Waals surface area contributed by atoms with Crippen LogP contribution < -0.4 is 5.32 Å².